The average molecular weight is 971 g/mol. The van der Waals surface area contributed by atoms with E-state index in [2.05, 4.69) is 43.5 Å². The minimum atomic E-state index is -0.844. The summed E-state index contributed by atoms with van der Waals surface area (Å²) in [5.74, 6) is -0.0580. The summed E-state index contributed by atoms with van der Waals surface area (Å²) in [5.41, 5.74) is 0. The van der Waals surface area contributed by atoms with Crippen LogP contribution in [0.5, 0.6) is 0 Å². The van der Waals surface area contributed by atoms with Crippen molar-refractivity contribution >= 4 is 11.9 Å². The lowest BCUT2D eigenvalue weighted by atomic mass is 10.0. The molecule has 0 rings (SSSR count). The Kier molecular flexibility index (Phi) is 57.0. The van der Waals surface area contributed by atoms with Gasteiger partial charge in [-0.3, -0.25) is 9.59 Å². The zero-order valence-electron chi connectivity index (χ0n) is 46.3. The number of esters is 1. The molecule has 0 radical (unpaired) electrons. The molecule has 0 aromatic carbocycles. The molecule has 69 heavy (non-hydrogen) atoms. The van der Waals surface area contributed by atoms with Crippen molar-refractivity contribution in [2.75, 3.05) is 13.2 Å². The van der Waals surface area contributed by atoms with Crippen LogP contribution >= 0.6 is 0 Å². The molecule has 1 amide bonds. The van der Waals surface area contributed by atoms with Crippen LogP contribution in [-0.4, -0.2) is 47.4 Å². The van der Waals surface area contributed by atoms with E-state index in [1.807, 2.05) is 6.08 Å². The Hall–Kier alpha value is -1.92. The maximum Gasteiger partial charge on any atom is 0.305 e. The molecule has 0 bridgehead atoms. The fourth-order valence-electron chi connectivity index (χ4n) is 9.43. The molecule has 6 nitrogen and oxygen atoms in total. The molecule has 0 aliphatic heterocycles. The van der Waals surface area contributed by atoms with Crippen LogP contribution in [0.3, 0.4) is 0 Å². The van der Waals surface area contributed by atoms with Gasteiger partial charge >= 0.3 is 5.97 Å². The highest BCUT2D eigenvalue weighted by Gasteiger charge is 2.18. The number of unbranched alkanes of at least 4 members (excludes halogenated alkanes) is 42. The molecule has 6 heteroatoms. The molecule has 3 N–H and O–H groups in total. The molecule has 0 aromatic heterocycles. The molecule has 2 atom stereocenters. The van der Waals surface area contributed by atoms with Crippen LogP contribution < -0.4 is 5.32 Å². The summed E-state index contributed by atoms with van der Waals surface area (Å²) in [5, 5.41) is 23.0. The van der Waals surface area contributed by atoms with E-state index in [1.165, 1.54) is 257 Å². The monoisotopic (exact) mass is 970 g/mol. The van der Waals surface area contributed by atoms with Crippen molar-refractivity contribution in [1.82, 2.24) is 5.32 Å². The van der Waals surface area contributed by atoms with Gasteiger partial charge in [0, 0.05) is 12.8 Å². The molecule has 0 aliphatic rings. The Morgan fingerprint density at radius 1 is 0.406 bits per heavy atom. The lowest BCUT2D eigenvalue weighted by molar-refractivity contribution is -0.143. The first-order valence-electron chi connectivity index (χ1n) is 30.8. The van der Waals surface area contributed by atoms with Crippen LogP contribution in [0.25, 0.3) is 0 Å². The summed E-state index contributed by atoms with van der Waals surface area (Å²) in [6.45, 7) is 4.90. The van der Waals surface area contributed by atoms with Gasteiger partial charge in [0.05, 0.1) is 25.4 Å². The quantitative estimate of drug-likeness (QED) is 0.0321. The van der Waals surface area contributed by atoms with E-state index in [0.717, 1.165) is 44.9 Å². The van der Waals surface area contributed by atoms with Crippen molar-refractivity contribution in [3.63, 3.8) is 0 Å². The second-order valence-corrected chi connectivity index (χ2v) is 21.0. The summed E-state index contributed by atoms with van der Waals surface area (Å²) in [6, 6.07) is -0.627. The number of carbonyl (C=O) groups excluding carboxylic acids is 2. The van der Waals surface area contributed by atoms with Crippen LogP contribution in [0.1, 0.15) is 328 Å². The molecule has 0 saturated carbocycles. The number of rotatable bonds is 57. The van der Waals surface area contributed by atoms with E-state index in [0.29, 0.717) is 19.4 Å². The molecule has 2 unspecified atom stereocenters. The van der Waals surface area contributed by atoms with Gasteiger partial charge < -0.3 is 20.3 Å². The van der Waals surface area contributed by atoms with Crippen molar-refractivity contribution in [3.05, 3.63) is 36.5 Å². The minimum Gasteiger partial charge on any atom is -0.466 e. The maximum absolute atomic E-state index is 12.4. The zero-order valence-corrected chi connectivity index (χ0v) is 46.3. The second-order valence-electron chi connectivity index (χ2n) is 21.0. The third kappa shape index (κ3) is 55.2. The maximum atomic E-state index is 12.4. The van der Waals surface area contributed by atoms with Gasteiger partial charge in [0.25, 0.3) is 0 Å². The van der Waals surface area contributed by atoms with Gasteiger partial charge in [0.2, 0.25) is 5.91 Å². The second kappa shape index (κ2) is 58.6. The number of carbonyl (C=O) groups is 2. The predicted molar refractivity (Wildman–Crippen MR) is 301 cm³/mol. The van der Waals surface area contributed by atoms with Gasteiger partial charge in [-0.1, -0.05) is 288 Å². The normalized spacial score (nSPS) is 12.8. The van der Waals surface area contributed by atoms with Crippen LogP contribution in [0.15, 0.2) is 36.5 Å². The fraction of sp³-hybridized carbons (Fsp3) is 0.873. The predicted octanol–water partition coefficient (Wildman–Crippen LogP) is 19.2. The highest BCUT2D eigenvalue weighted by Crippen LogP contribution is 2.17. The van der Waals surface area contributed by atoms with Gasteiger partial charge in [-0.15, -0.1) is 0 Å². The van der Waals surface area contributed by atoms with E-state index in [1.54, 1.807) is 6.08 Å². The Labute approximate surface area is 430 Å². The van der Waals surface area contributed by atoms with Crippen molar-refractivity contribution < 1.29 is 24.5 Å². The molecule has 406 valence electrons. The molecule has 0 fully saturated rings. The van der Waals surface area contributed by atoms with Gasteiger partial charge in [-0.25, -0.2) is 0 Å². The van der Waals surface area contributed by atoms with Crippen LogP contribution in [0, 0.1) is 0 Å². The molecule has 0 aromatic rings. The number of nitrogens with one attached hydrogen (secondary N) is 1. The Morgan fingerprint density at radius 3 is 1.10 bits per heavy atom. The fourth-order valence-corrected chi connectivity index (χ4v) is 9.43. The summed E-state index contributed by atoms with van der Waals surface area (Å²) in [4.78, 5) is 24.4. The summed E-state index contributed by atoms with van der Waals surface area (Å²) >= 11 is 0. The Bertz CT molecular complexity index is 1120. The molecule has 0 saturated heterocycles. The van der Waals surface area contributed by atoms with Gasteiger partial charge in [0.1, 0.15) is 0 Å². The van der Waals surface area contributed by atoms with Crippen LogP contribution in [0.4, 0.5) is 0 Å². The van der Waals surface area contributed by atoms with Crippen molar-refractivity contribution in [2.24, 2.45) is 0 Å². The Balaban J connectivity index is 3.41. The number of allylic oxidation sites excluding steroid dienone is 5. The molecular weight excluding hydrogens is 851 g/mol. The Morgan fingerprint density at radius 2 is 0.725 bits per heavy atom. The van der Waals surface area contributed by atoms with E-state index >= 15 is 0 Å². The summed E-state index contributed by atoms with van der Waals surface area (Å²) in [6.07, 6.45) is 73.4. The summed E-state index contributed by atoms with van der Waals surface area (Å²) < 4.78 is 5.46. The number of aliphatic hydroxyl groups is 2. The number of hydrogen-bond acceptors (Lipinski definition) is 5. The smallest absolute Gasteiger partial charge is 0.305 e. The summed E-state index contributed by atoms with van der Waals surface area (Å²) in [7, 11) is 0. The van der Waals surface area contributed by atoms with Gasteiger partial charge in [-0.05, 0) is 64.2 Å². The average Bonchev–Trinajstić information content (AvgIpc) is 3.35. The number of ether oxygens (including phenoxy) is 1. The number of amides is 1. The van der Waals surface area contributed by atoms with Gasteiger partial charge in [0.15, 0.2) is 0 Å². The van der Waals surface area contributed by atoms with E-state index < -0.39 is 12.1 Å². The lowest BCUT2D eigenvalue weighted by Crippen LogP contribution is -2.45. The minimum absolute atomic E-state index is 0.0112. The largest absolute Gasteiger partial charge is 0.466 e. The molecule has 0 spiro atoms. The third-order valence-corrected chi connectivity index (χ3v) is 14.2. The first kappa shape index (κ1) is 67.1. The third-order valence-electron chi connectivity index (χ3n) is 14.2. The van der Waals surface area contributed by atoms with Crippen molar-refractivity contribution in [3.8, 4) is 0 Å². The molecule has 0 heterocycles. The zero-order chi connectivity index (χ0) is 50.0. The van der Waals surface area contributed by atoms with Crippen molar-refractivity contribution in [2.45, 2.75) is 341 Å². The van der Waals surface area contributed by atoms with E-state index in [-0.39, 0.29) is 18.5 Å². The van der Waals surface area contributed by atoms with Crippen LogP contribution in [0.2, 0.25) is 0 Å². The highest BCUT2D eigenvalue weighted by molar-refractivity contribution is 5.76. The standard InChI is InChI=1S/C63H119NO5/c1-3-5-7-9-11-13-15-36-39-43-47-51-55-61(66)60(59-65)64-62(67)56-52-48-44-40-37-33-31-29-27-25-23-21-19-17-16-18-20-22-24-26-28-30-32-34-38-42-46-50-54-58-69-63(68)57-53-49-45-41-35-14-12-10-8-6-4-2/h16,18,22,24,51,55,60-61,65-66H,3-15,17,19-21,23,25-50,52-54,56-59H2,1-2H3,(H,64,67)/b18-16-,24-22-,55-51+. The van der Waals surface area contributed by atoms with Crippen LogP contribution in [-0.2, 0) is 14.3 Å². The number of aliphatic hydroxyl groups excluding tert-OH is 2. The molecule has 0 aliphatic carbocycles. The highest BCUT2D eigenvalue weighted by atomic mass is 16.5. The van der Waals surface area contributed by atoms with Crippen molar-refractivity contribution in [1.29, 1.82) is 0 Å². The van der Waals surface area contributed by atoms with Gasteiger partial charge in [-0.2, -0.15) is 0 Å². The topological polar surface area (TPSA) is 95.9 Å². The lowest BCUT2D eigenvalue weighted by Gasteiger charge is -2.20. The van der Waals surface area contributed by atoms with E-state index in [9.17, 15) is 19.8 Å². The molecular formula is C63H119NO5. The first-order valence-corrected chi connectivity index (χ1v) is 30.8. The SMILES string of the molecule is CCCCCCCCCCCC/C=C/C(O)C(CO)NC(=O)CCCCCCCCCCCCCCC/C=C\C/C=C\CCCCCCCCCCCOC(=O)CCCCCCCCCCCCC. The first-order chi connectivity index (χ1) is 34.0. The number of hydrogen-bond donors (Lipinski definition) is 3. The van der Waals surface area contributed by atoms with E-state index in [4.69, 9.17) is 4.74 Å².